The number of fused-ring (bicyclic) bond motifs is 4. The number of aryl methyl sites for hydroxylation is 1. The average Bonchev–Trinajstić information content (AvgIpc) is 4.19. The van der Waals surface area contributed by atoms with Crippen molar-refractivity contribution in [1.29, 1.82) is 0 Å². The summed E-state index contributed by atoms with van der Waals surface area (Å²) in [5, 5.41) is 29.6. The number of anilines is 1. The molecule has 0 saturated carbocycles. The Labute approximate surface area is 383 Å². The molecule has 12 aromatic rings. The molecule has 0 radical (unpaired) electrons. The molecule has 12 heterocycles. The average molecular weight is 900 g/mol. The third kappa shape index (κ3) is 6.81. The van der Waals surface area contributed by atoms with Crippen LogP contribution in [0.2, 0.25) is 0 Å². The minimum atomic E-state index is -0.0703. The van der Waals surface area contributed by atoms with Crippen LogP contribution >= 0.6 is 22.7 Å². The first-order valence-electron chi connectivity index (χ1n) is 21.3. The van der Waals surface area contributed by atoms with Gasteiger partial charge in [0.2, 0.25) is 5.91 Å². The van der Waals surface area contributed by atoms with Crippen molar-refractivity contribution in [3.63, 3.8) is 0 Å². The maximum absolute atomic E-state index is 12.9. The summed E-state index contributed by atoms with van der Waals surface area (Å²) in [7, 11) is 0. The van der Waals surface area contributed by atoms with E-state index in [4.69, 9.17) is 30.1 Å². The van der Waals surface area contributed by atoms with E-state index in [9.17, 15) is 4.79 Å². The molecule has 0 aliphatic rings. The fourth-order valence-corrected chi connectivity index (χ4v) is 10.1. The van der Waals surface area contributed by atoms with Gasteiger partial charge in [-0.1, -0.05) is 13.8 Å². The molecule has 16 heteroatoms. The Morgan fingerprint density at radius 3 is 2.18 bits per heavy atom. The molecule has 320 valence electrons. The molecule has 0 aliphatic heterocycles. The molecule has 0 aromatic carbocycles. The smallest absolute Gasteiger partial charge is 0.224 e. The number of amides is 1. The number of pyridine rings is 6. The van der Waals surface area contributed by atoms with Crippen LogP contribution in [0.15, 0.2) is 119 Å². The molecule has 0 spiro atoms. The summed E-state index contributed by atoms with van der Waals surface area (Å²) in [5.41, 5.74) is 18.2. The monoisotopic (exact) mass is 899 g/mol. The Kier molecular flexibility index (Phi) is 9.43. The molecule has 0 fully saturated rings. The SMILES string of the molecule is Cc1ccncc1-c1ccc2[nH]nc(-c3cc4c(-c5cscc5-c5cc(-c6cncc(NC(=O)CC(C)C)c6)nc6c(-c7cc8c(-c9ccsc9)nccc8[nH]7)n[nH]c56)nccc4[nH]3)c2n1. The summed E-state index contributed by atoms with van der Waals surface area (Å²) >= 11 is 3.23. The van der Waals surface area contributed by atoms with Gasteiger partial charge in [-0.05, 0) is 89.8 Å². The Morgan fingerprint density at radius 2 is 1.39 bits per heavy atom. The summed E-state index contributed by atoms with van der Waals surface area (Å²) < 4.78 is 0. The lowest BCUT2D eigenvalue weighted by Gasteiger charge is -2.11. The second kappa shape index (κ2) is 15.8. The van der Waals surface area contributed by atoms with Gasteiger partial charge in [0.25, 0.3) is 0 Å². The van der Waals surface area contributed by atoms with Crippen molar-refractivity contribution in [2.24, 2.45) is 5.92 Å². The number of aromatic nitrogens is 12. The van der Waals surface area contributed by atoms with Gasteiger partial charge in [0.15, 0.2) is 0 Å². The van der Waals surface area contributed by atoms with Crippen LogP contribution in [0.3, 0.4) is 0 Å². The number of rotatable bonds is 10. The summed E-state index contributed by atoms with van der Waals surface area (Å²) in [6.07, 6.45) is 11.1. The van der Waals surface area contributed by atoms with Gasteiger partial charge in [-0.2, -0.15) is 32.9 Å². The number of carbonyl (C=O) groups is 1. The lowest BCUT2D eigenvalue weighted by atomic mass is 9.98. The maximum Gasteiger partial charge on any atom is 0.224 e. The molecule has 0 saturated heterocycles. The predicted octanol–water partition coefficient (Wildman–Crippen LogP) is 11.9. The lowest BCUT2D eigenvalue weighted by Crippen LogP contribution is -2.14. The molecule has 12 aromatic heterocycles. The number of nitrogens with one attached hydrogen (secondary N) is 5. The molecule has 5 N–H and O–H groups in total. The van der Waals surface area contributed by atoms with E-state index in [2.05, 4.69) is 88.2 Å². The van der Waals surface area contributed by atoms with E-state index < -0.39 is 0 Å². The number of carbonyl (C=O) groups excluding carboxylic acids is 1. The first-order valence-corrected chi connectivity index (χ1v) is 23.2. The molecule has 14 nitrogen and oxygen atoms in total. The highest BCUT2D eigenvalue weighted by Crippen LogP contribution is 2.44. The van der Waals surface area contributed by atoms with Crippen LogP contribution in [0.4, 0.5) is 5.69 Å². The summed E-state index contributed by atoms with van der Waals surface area (Å²) in [6.45, 7) is 6.10. The number of nitrogens with zero attached hydrogens (tertiary/aromatic N) is 8. The topological polar surface area (TPSA) is 195 Å². The Bertz CT molecular complexity index is 3820. The minimum Gasteiger partial charge on any atom is -0.353 e. The second-order valence-electron chi connectivity index (χ2n) is 16.6. The van der Waals surface area contributed by atoms with E-state index in [1.165, 1.54) is 0 Å². The van der Waals surface area contributed by atoms with Crippen molar-refractivity contribution in [2.45, 2.75) is 27.2 Å². The van der Waals surface area contributed by atoms with E-state index in [-0.39, 0.29) is 11.8 Å². The standard InChI is InChI=1S/C50H37N13OS2/c1-25(2)14-43(64)55-29-15-28(19-52-20-29)40-16-30(46-50(59-40)49(63-61-46)42-17-31-37(56-42)7-11-53-44(31)27-9-13-65-22-27)34-23-66-24-35(34)45-32-18-41(57-38(32)8-12-54-45)48-47-39(60-62-48)5-4-36(58-47)33-21-51-10-6-26(33)3/h4-13,15-25,56-57H,14H2,1-3H3,(H,55,64)(H,60,62)(H,61,63). The number of hydrogen-bond donors (Lipinski definition) is 5. The van der Waals surface area contributed by atoms with Gasteiger partial charge in [-0.25, -0.2) is 9.97 Å². The summed E-state index contributed by atoms with van der Waals surface area (Å²) in [5.74, 6) is 0.142. The summed E-state index contributed by atoms with van der Waals surface area (Å²) in [4.78, 5) is 49.1. The van der Waals surface area contributed by atoms with Crippen LogP contribution in [-0.4, -0.2) is 66.2 Å². The van der Waals surface area contributed by atoms with Gasteiger partial charge in [0.05, 0.1) is 57.1 Å². The number of thiophene rings is 2. The minimum absolute atomic E-state index is 0.0703. The van der Waals surface area contributed by atoms with E-state index >= 15 is 0 Å². The highest BCUT2D eigenvalue weighted by molar-refractivity contribution is 7.09. The Balaban J connectivity index is 1.00. The molecule has 1 amide bonds. The first-order chi connectivity index (χ1) is 32.3. The van der Waals surface area contributed by atoms with Crippen LogP contribution in [0.1, 0.15) is 25.8 Å². The van der Waals surface area contributed by atoms with E-state index in [1.807, 2.05) is 68.8 Å². The van der Waals surface area contributed by atoms with Crippen LogP contribution < -0.4 is 5.32 Å². The van der Waals surface area contributed by atoms with Gasteiger partial charge in [0.1, 0.15) is 22.4 Å². The number of aromatic amines is 4. The molecule has 0 unspecified atom stereocenters. The van der Waals surface area contributed by atoms with Gasteiger partial charge in [-0.15, -0.1) is 0 Å². The third-order valence-corrected chi connectivity index (χ3v) is 13.2. The normalized spacial score (nSPS) is 11.8. The second-order valence-corrected chi connectivity index (χ2v) is 18.2. The zero-order chi connectivity index (χ0) is 44.5. The van der Waals surface area contributed by atoms with Gasteiger partial charge in [-0.3, -0.25) is 34.9 Å². The Hall–Kier alpha value is -8.21. The van der Waals surface area contributed by atoms with Crippen LogP contribution in [0.25, 0.3) is 123 Å². The van der Waals surface area contributed by atoms with Crippen LogP contribution in [-0.2, 0) is 4.79 Å². The lowest BCUT2D eigenvalue weighted by molar-refractivity contribution is -0.116. The molecule has 0 atom stereocenters. The first kappa shape index (κ1) is 39.4. The van der Waals surface area contributed by atoms with E-state index in [1.54, 1.807) is 41.3 Å². The largest absolute Gasteiger partial charge is 0.353 e. The van der Waals surface area contributed by atoms with Crippen molar-refractivity contribution >= 4 is 78.1 Å². The van der Waals surface area contributed by atoms with Gasteiger partial charge in [0, 0.05) is 103 Å². The Morgan fingerprint density at radius 1 is 0.636 bits per heavy atom. The van der Waals surface area contributed by atoms with Crippen molar-refractivity contribution in [3.8, 4) is 78.9 Å². The third-order valence-electron chi connectivity index (χ3n) is 11.8. The quantitative estimate of drug-likeness (QED) is 0.0887. The van der Waals surface area contributed by atoms with Crippen molar-refractivity contribution in [2.75, 3.05) is 5.32 Å². The van der Waals surface area contributed by atoms with Crippen molar-refractivity contribution in [3.05, 3.63) is 125 Å². The number of H-pyrrole nitrogens is 4. The van der Waals surface area contributed by atoms with Crippen molar-refractivity contribution in [1.82, 2.24) is 60.3 Å². The van der Waals surface area contributed by atoms with E-state index in [0.717, 1.165) is 106 Å². The van der Waals surface area contributed by atoms with Gasteiger partial charge < -0.3 is 15.3 Å². The maximum atomic E-state index is 12.9. The molecule has 0 aliphatic carbocycles. The van der Waals surface area contributed by atoms with Gasteiger partial charge >= 0.3 is 0 Å². The number of hydrogen-bond acceptors (Lipinski definition) is 11. The predicted molar refractivity (Wildman–Crippen MR) is 263 cm³/mol. The molecule has 12 rings (SSSR count). The fourth-order valence-electron chi connectivity index (χ4n) is 8.64. The van der Waals surface area contributed by atoms with E-state index in [0.29, 0.717) is 34.7 Å². The fraction of sp³-hybridized carbons (Fsp3) is 0.100. The molecule has 0 bridgehead atoms. The molecular weight excluding hydrogens is 863 g/mol. The van der Waals surface area contributed by atoms with Crippen molar-refractivity contribution < 1.29 is 4.79 Å². The van der Waals surface area contributed by atoms with Crippen LogP contribution in [0, 0.1) is 12.8 Å². The molecule has 66 heavy (non-hydrogen) atoms. The zero-order valence-corrected chi connectivity index (χ0v) is 37.3. The summed E-state index contributed by atoms with van der Waals surface area (Å²) in [6, 6.07) is 20.2. The zero-order valence-electron chi connectivity index (χ0n) is 35.6. The molecular formula is C50H37N13OS2. The highest BCUT2D eigenvalue weighted by Gasteiger charge is 2.24. The highest BCUT2D eigenvalue weighted by atomic mass is 32.1. The van der Waals surface area contributed by atoms with Crippen LogP contribution in [0.5, 0.6) is 0 Å².